The molecule has 0 amide bonds. The van der Waals surface area contributed by atoms with Crippen LogP contribution in [0.2, 0.25) is 0 Å². The molecule has 1 aromatic rings. The maximum Gasteiger partial charge on any atom is 0.395 e. The van der Waals surface area contributed by atoms with Crippen LogP contribution in [0.4, 0.5) is 0 Å². The lowest BCUT2D eigenvalue weighted by molar-refractivity contribution is 0.0633. The number of esters is 1. The highest BCUT2D eigenvalue weighted by Crippen LogP contribution is 2.55. The molecular formula is C11H15O5PS. The summed E-state index contributed by atoms with van der Waals surface area (Å²) in [6.07, 6.45) is 0. The van der Waals surface area contributed by atoms with Crippen LogP contribution < -0.4 is 0 Å². The lowest BCUT2D eigenvalue weighted by Gasteiger charge is -2.17. The Morgan fingerprint density at radius 3 is 2.44 bits per heavy atom. The molecule has 5 nitrogen and oxygen atoms in total. The van der Waals surface area contributed by atoms with Crippen molar-refractivity contribution in [3.8, 4) is 0 Å². The topological polar surface area (TPSA) is 61.8 Å². The molecule has 0 unspecified atom stereocenters. The quantitative estimate of drug-likeness (QED) is 0.436. The van der Waals surface area contributed by atoms with Gasteiger partial charge in [0.15, 0.2) is 0 Å². The van der Waals surface area contributed by atoms with Crippen molar-refractivity contribution in [1.82, 2.24) is 0 Å². The molecule has 0 spiro atoms. The van der Waals surface area contributed by atoms with Crippen LogP contribution in [0.1, 0.15) is 23.5 Å². The van der Waals surface area contributed by atoms with Crippen molar-refractivity contribution in [3.05, 3.63) is 34.5 Å². The van der Waals surface area contributed by atoms with Crippen molar-refractivity contribution in [2.75, 3.05) is 13.2 Å². The Labute approximate surface area is 110 Å². The van der Waals surface area contributed by atoms with E-state index in [0.29, 0.717) is 4.88 Å². The fourth-order valence-electron chi connectivity index (χ4n) is 1.13. The van der Waals surface area contributed by atoms with Crippen molar-refractivity contribution in [2.24, 2.45) is 0 Å². The van der Waals surface area contributed by atoms with Gasteiger partial charge in [0.1, 0.15) is 4.88 Å². The number of ether oxygens (including phenoxy) is 1. The van der Waals surface area contributed by atoms with Crippen LogP contribution in [-0.2, 0) is 18.3 Å². The number of hydrogen-bond donors (Lipinski definition) is 0. The monoisotopic (exact) mass is 290 g/mol. The highest BCUT2D eigenvalue weighted by Gasteiger charge is 2.32. The Morgan fingerprint density at radius 2 is 2.00 bits per heavy atom. The summed E-state index contributed by atoms with van der Waals surface area (Å²) in [4.78, 5) is 12.1. The van der Waals surface area contributed by atoms with Crippen LogP contribution in [-0.4, -0.2) is 19.2 Å². The summed E-state index contributed by atoms with van der Waals surface area (Å²) in [6.45, 7) is 7.14. The van der Waals surface area contributed by atoms with Gasteiger partial charge in [0.05, 0.1) is 13.2 Å². The Hall–Kier alpha value is -0.940. The van der Waals surface area contributed by atoms with Gasteiger partial charge in [-0.2, -0.15) is 0 Å². The molecule has 0 aliphatic rings. The maximum absolute atomic E-state index is 12.2. The number of rotatable bonds is 7. The van der Waals surface area contributed by atoms with Crippen LogP contribution in [0.3, 0.4) is 0 Å². The van der Waals surface area contributed by atoms with E-state index in [4.69, 9.17) is 13.8 Å². The Balaban J connectivity index is 2.73. The van der Waals surface area contributed by atoms with Crippen LogP contribution in [0.15, 0.2) is 29.6 Å². The van der Waals surface area contributed by atoms with E-state index in [2.05, 4.69) is 6.58 Å². The van der Waals surface area contributed by atoms with Crippen molar-refractivity contribution >= 4 is 24.9 Å². The largest absolute Gasteiger partial charge is 0.414 e. The highest BCUT2D eigenvalue weighted by atomic mass is 32.1. The third-order valence-electron chi connectivity index (χ3n) is 1.84. The third-order valence-corrected chi connectivity index (χ3v) is 4.58. The standard InChI is InChI=1S/C11H15O5PS/c1-4-14-17(13,15-5-2)9(3)16-11(12)10-7-6-8-18-10/h6-8H,3-5H2,1-2H3. The predicted octanol–water partition coefficient (Wildman–Crippen LogP) is 3.64. The zero-order valence-electron chi connectivity index (χ0n) is 10.3. The van der Waals surface area contributed by atoms with Gasteiger partial charge >= 0.3 is 13.6 Å². The molecule has 0 N–H and O–H groups in total. The first-order valence-electron chi connectivity index (χ1n) is 5.37. The Morgan fingerprint density at radius 1 is 1.39 bits per heavy atom. The molecule has 18 heavy (non-hydrogen) atoms. The van der Waals surface area contributed by atoms with Crippen molar-refractivity contribution in [2.45, 2.75) is 13.8 Å². The van der Waals surface area contributed by atoms with Gasteiger partial charge in [-0.3, -0.25) is 4.57 Å². The second kappa shape index (κ2) is 6.85. The summed E-state index contributed by atoms with van der Waals surface area (Å²) < 4.78 is 27.1. The first-order chi connectivity index (χ1) is 8.53. The van der Waals surface area contributed by atoms with Crippen LogP contribution in [0, 0.1) is 0 Å². The first kappa shape index (κ1) is 15.1. The molecule has 7 heteroatoms. The lowest BCUT2D eigenvalue weighted by atomic mass is 10.5. The van der Waals surface area contributed by atoms with Gasteiger partial charge in [-0.15, -0.1) is 11.3 Å². The summed E-state index contributed by atoms with van der Waals surface area (Å²) in [5.41, 5.74) is -0.287. The predicted molar refractivity (Wildman–Crippen MR) is 69.7 cm³/mol. The SMILES string of the molecule is C=C(OC(=O)c1cccs1)P(=O)(OCC)OCC. The average molecular weight is 290 g/mol. The molecule has 0 fully saturated rings. The smallest absolute Gasteiger partial charge is 0.395 e. The van der Waals surface area contributed by atoms with Gasteiger partial charge in [0.25, 0.3) is 0 Å². The highest BCUT2D eigenvalue weighted by molar-refractivity contribution is 7.58. The zero-order valence-corrected chi connectivity index (χ0v) is 12.0. The molecule has 100 valence electrons. The normalized spacial score (nSPS) is 11.2. The summed E-state index contributed by atoms with van der Waals surface area (Å²) >= 11 is 1.22. The summed E-state index contributed by atoms with van der Waals surface area (Å²) in [7, 11) is -3.60. The molecule has 0 saturated carbocycles. The van der Waals surface area contributed by atoms with Gasteiger partial charge in [0, 0.05) is 0 Å². The summed E-state index contributed by atoms with van der Waals surface area (Å²) in [5.74, 6) is -0.616. The molecule has 0 aliphatic carbocycles. The van der Waals surface area contributed by atoms with Gasteiger partial charge in [-0.1, -0.05) is 6.07 Å². The number of hydrogen-bond acceptors (Lipinski definition) is 6. The molecule has 0 aliphatic heterocycles. The van der Waals surface area contributed by atoms with E-state index in [-0.39, 0.29) is 18.7 Å². The molecule has 0 atom stereocenters. The third kappa shape index (κ3) is 3.78. The molecule has 0 radical (unpaired) electrons. The fourth-order valence-corrected chi connectivity index (χ4v) is 2.96. The van der Waals surface area contributed by atoms with E-state index in [9.17, 15) is 9.36 Å². The number of carbonyl (C=O) groups excluding carboxylic acids is 1. The molecule has 0 aromatic carbocycles. The maximum atomic E-state index is 12.2. The van der Waals surface area contributed by atoms with Gasteiger partial charge in [-0.25, -0.2) is 4.79 Å². The molecule has 0 saturated heterocycles. The van der Waals surface area contributed by atoms with Crippen LogP contribution in [0.25, 0.3) is 0 Å². The molecule has 1 rings (SSSR count). The summed E-state index contributed by atoms with van der Waals surface area (Å²) in [5, 5.41) is 1.74. The number of thiophene rings is 1. The first-order valence-corrected chi connectivity index (χ1v) is 7.80. The average Bonchev–Trinajstić information content (AvgIpc) is 2.82. The number of carbonyl (C=O) groups is 1. The molecule has 1 aromatic heterocycles. The van der Waals surface area contributed by atoms with Crippen LogP contribution in [0.5, 0.6) is 0 Å². The molecular weight excluding hydrogens is 275 g/mol. The van der Waals surface area contributed by atoms with E-state index in [1.54, 1.807) is 31.4 Å². The van der Waals surface area contributed by atoms with E-state index < -0.39 is 13.6 Å². The Kier molecular flexibility index (Phi) is 5.75. The van der Waals surface area contributed by atoms with Gasteiger partial charge < -0.3 is 13.8 Å². The molecule has 0 bridgehead atoms. The van der Waals surface area contributed by atoms with E-state index in [1.165, 1.54) is 11.3 Å². The second-order valence-electron chi connectivity index (χ2n) is 3.09. The van der Waals surface area contributed by atoms with Gasteiger partial charge in [-0.05, 0) is 31.9 Å². The van der Waals surface area contributed by atoms with Crippen molar-refractivity contribution in [1.29, 1.82) is 0 Å². The Bertz CT molecular complexity index is 444. The van der Waals surface area contributed by atoms with E-state index >= 15 is 0 Å². The van der Waals surface area contributed by atoms with Gasteiger partial charge in [0.2, 0.25) is 5.50 Å². The zero-order chi connectivity index (χ0) is 13.6. The van der Waals surface area contributed by atoms with Crippen molar-refractivity contribution in [3.63, 3.8) is 0 Å². The van der Waals surface area contributed by atoms with Crippen LogP contribution >= 0.6 is 18.9 Å². The molecule has 1 heterocycles. The minimum absolute atomic E-state index is 0.173. The summed E-state index contributed by atoms with van der Waals surface area (Å²) in [6, 6.07) is 3.32. The second-order valence-corrected chi connectivity index (χ2v) is 6.05. The lowest BCUT2D eigenvalue weighted by Crippen LogP contribution is -2.06. The van der Waals surface area contributed by atoms with E-state index in [1.807, 2.05) is 0 Å². The van der Waals surface area contributed by atoms with Crippen molar-refractivity contribution < 1.29 is 23.1 Å². The minimum Gasteiger partial charge on any atom is -0.414 e. The van der Waals surface area contributed by atoms with E-state index in [0.717, 1.165) is 0 Å². The fraction of sp³-hybridized carbons (Fsp3) is 0.364. The minimum atomic E-state index is -3.60.